The molecule has 0 aliphatic rings. The van der Waals surface area contributed by atoms with E-state index in [9.17, 15) is 4.79 Å². The first-order valence-corrected chi connectivity index (χ1v) is 7.48. The number of hydrogen-bond donors (Lipinski definition) is 2. The van der Waals surface area contributed by atoms with E-state index in [0.717, 1.165) is 4.88 Å². The van der Waals surface area contributed by atoms with Crippen LogP contribution in [-0.2, 0) is 0 Å². The molecule has 0 aliphatic heterocycles. The monoisotopic (exact) mass is 329 g/mol. The van der Waals surface area contributed by atoms with Crippen LogP contribution in [-0.4, -0.2) is 17.9 Å². The van der Waals surface area contributed by atoms with Crippen molar-refractivity contribution in [3.8, 4) is 0 Å². The van der Waals surface area contributed by atoms with E-state index < -0.39 is 0 Å². The fourth-order valence-electron chi connectivity index (χ4n) is 1.66. The van der Waals surface area contributed by atoms with Crippen molar-refractivity contribution in [3.63, 3.8) is 0 Å². The van der Waals surface area contributed by atoms with Crippen molar-refractivity contribution in [3.05, 3.63) is 44.2 Å². The largest absolute Gasteiger partial charge is 0.372 e. The second-order valence-electron chi connectivity index (χ2n) is 4.14. The third-order valence-corrected chi connectivity index (χ3v) is 4.41. The molecular formula is C13H13Cl2N3OS. The molecular weight excluding hydrogens is 317 g/mol. The fourth-order valence-corrected chi connectivity index (χ4v) is 2.98. The summed E-state index contributed by atoms with van der Waals surface area (Å²) in [6.45, 7) is 1.90. The molecule has 2 N–H and O–H groups in total. The Morgan fingerprint density at radius 2 is 2.15 bits per heavy atom. The quantitative estimate of drug-likeness (QED) is 0.891. The standard InChI is InChI=1S/C13H13Cl2N3OS/c1-7(10-3-4-11(15)20-10)18-13(19)8-5-9(14)12(16-2)17-6-8/h3-7H,1-2H3,(H,16,17)(H,18,19). The van der Waals surface area contributed by atoms with Gasteiger partial charge >= 0.3 is 0 Å². The lowest BCUT2D eigenvalue weighted by Crippen LogP contribution is -2.26. The molecule has 1 unspecified atom stereocenters. The molecule has 2 rings (SSSR count). The van der Waals surface area contributed by atoms with E-state index in [4.69, 9.17) is 23.2 Å². The molecule has 0 radical (unpaired) electrons. The number of carbonyl (C=O) groups excluding carboxylic acids is 1. The van der Waals surface area contributed by atoms with Crippen molar-refractivity contribution in [2.24, 2.45) is 0 Å². The van der Waals surface area contributed by atoms with Gasteiger partial charge in [-0.3, -0.25) is 4.79 Å². The van der Waals surface area contributed by atoms with Gasteiger partial charge in [0.25, 0.3) is 5.91 Å². The van der Waals surface area contributed by atoms with Crippen LogP contribution < -0.4 is 10.6 Å². The first kappa shape index (κ1) is 15.1. The maximum Gasteiger partial charge on any atom is 0.253 e. The third kappa shape index (κ3) is 3.42. The van der Waals surface area contributed by atoms with Crippen molar-refractivity contribution in [1.82, 2.24) is 10.3 Å². The summed E-state index contributed by atoms with van der Waals surface area (Å²) in [5, 5.41) is 6.14. The van der Waals surface area contributed by atoms with Crippen LogP contribution in [0, 0.1) is 0 Å². The van der Waals surface area contributed by atoms with E-state index in [-0.39, 0.29) is 11.9 Å². The van der Waals surface area contributed by atoms with E-state index in [1.54, 1.807) is 13.1 Å². The van der Waals surface area contributed by atoms with Crippen molar-refractivity contribution in [2.75, 3.05) is 12.4 Å². The molecule has 0 aromatic carbocycles. The van der Waals surface area contributed by atoms with Crippen molar-refractivity contribution in [1.29, 1.82) is 0 Å². The number of aromatic nitrogens is 1. The average molecular weight is 330 g/mol. The molecule has 1 atom stereocenters. The number of hydrogen-bond acceptors (Lipinski definition) is 4. The molecule has 0 aliphatic carbocycles. The zero-order valence-corrected chi connectivity index (χ0v) is 13.2. The van der Waals surface area contributed by atoms with Gasteiger partial charge in [-0.2, -0.15) is 0 Å². The zero-order valence-electron chi connectivity index (χ0n) is 10.9. The highest BCUT2D eigenvalue weighted by atomic mass is 35.5. The van der Waals surface area contributed by atoms with Crippen LogP contribution >= 0.6 is 34.5 Å². The molecule has 2 aromatic rings. The predicted octanol–water partition coefficient (Wildman–Crippen LogP) is 3.98. The van der Waals surface area contributed by atoms with Crippen LogP contribution in [0.5, 0.6) is 0 Å². The SMILES string of the molecule is CNc1ncc(C(=O)NC(C)c2ccc(Cl)s2)cc1Cl. The molecule has 0 spiro atoms. The number of carbonyl (C=O) groups is 1. The summed E-state index contributed by atoms with van der Waals surface area (Å²) in [7, 11) is 1.72. The van der Waals surface area contributed by atoms with Crippen LogP contribution in [0.25, 0.3) is 0 Å². The number of halogens is 2. The average Bonchev–Trinajstić information content (AvgIpc) is 2.85. The number of nitrogens with one attached hydrogen (secondary N) is 2. The Morgan fingerprint density at radius 3 is 2.70 bits per heavy atom. The molecule has 106 valence electrons. The Bertz CT molecular complexity index is 630. The molecule has 0 fully saturated rings. The molecule has 4 nitrogen and oxygen atoms in total. The van der Waals surface area contributed by atoms with Crippen LogP contribution in [0.2, 0.25) is 9.36 Å². The lowest BCUT2D eigenvalue weighted by molar-refractivity contribution is 0.0940. The molecule has 2 heterocycles. The summed E-state index contributed by atoms with van der Waals surface area (Å²) >= 11 is 13.3. The van der Waals surface area contributed by atoms with Crippen LogP contribution in [0.15, 0.2) is 24.4 Å². The topological polar surface area (TPSA) is 54.0 Å². The Labute approximate surface area is 131 Å². The minimum Gasteiger partial charge on any atom is -0.372 e. The van der Waals surface area contributed by atoms with Gasteiger partial charge in [0.2, 0.25) is 0 Å². The Balaban J connectivity index is 2.10. The second-order valence-corrected chi connectivity index (χ2v) is 6.30. The van der Waals surface area contributed by atoms with Crippen LogP contribution in [0.1, 0.15) is 28.2 Å². The van der Waals surface area contributed by atoms with Crippen molar-refractivity contribution < 1.29 is 4.79 Å². The van der Waals surface area contributed by atoms with Crippen LogP contribution in [0.4, 0.5) is 5.82 Å². The summed E-state index contributed by atoms with van der Waals surface area (Å²) in [4.78, 5) is 17.2. The summed E-state index contributed by atoms with van der Waals surface area (Å²) in [5.74, 6) is 0.320. The molecule has 0 saturated carbocycles. The molecule has 20 heavy (non-hydrogen) atoms. The number of amides is 1. The Kier molecular flexibility index (Phi) is 4.86. The molecule has 2 aromatic heterocycles. The Hall–Kier alpha value is -1.30. The normalized spacial score (nSPS) is 12.0. The maximum atomic E-state index is 12.1. The van der Waals surface area contributed by atoms with Gasteiger partial charge in [0.05, 0.1) is 21.0 Å². The number of nitrogens with zero attached hydrogens (tertiary/aromatic N) is 1. The first-order chi connectivity index (χ1) is 9.51. The van der Waals surface area contributed by atoms with Crippen molar-refractivity contribution in [2.45, 2.75) is 13.0 Å². The van der Waals surface area contributed by atoms with E-state index in [0.29, 0.717) is 20.7 Å². The fraction of sp³-hybridized carbons (Fsp3) is 0.231. The number of pyridine rings is 1. The second kappa shape index (κ2) is 6.43. The predicted molar refractivity (Wildman–Crippen MR) is 84.0 cm³/mol. The minimum atomic E-state index is -0.223. The number of rotatable bonds is 4. The lowest BCUT2D eigenvalue weighted by Gasteiger charge is -2.12. The number of thiophene rings is 1. The van der Waals surface area contributed by atoms with Gasteiger partial charge in [0.1, 0.15) is 5.82 Å². The van der Waals surface area contributed by atoms with E-state index >= 15 is 0 Å². The molecule has 0 bridgehead atoms. The summed E-state index contributed by atoms with van der Waals surface area (Å²) < 4.78 is 0.698. The first-order valence-electron chi connectivity index (χ1n) is 5.90. The zero-order chi connectivity index (χ0) is 14.7. The molecule has 1 amide bonds. The minimum absolute atomic E-state index is 0.122. The van der Waals surface area contributed by atoms with Crippen molar-refractivity contribution >= 4 is 46.3 Å². The lowest BCUT2D eigenvalue weighted by atomic mass is 10.2. The van der Waals surface area contributed by atoms with Gasteiger partial charge in [0.15, 0.2) is 0 Å². The molecule has 0 saturated heterocycles. The van der Waals surface area contributed by atoms with E-state index in [2.05, 4.69) is 15.6 Å². The highest BCUT2D eigenvalue weighted by Crippen LogP contribution is 2.27. The highest BCUT2D eigenvalue weighted by Gasteiger charge is 2.14. The van der Waals surface area contributed by atoms with E-state index in [1.165, 1.54) is 17.5 Å². The Morgan fingerprint density at radius 1 is 1.40 bits per heavy atom. The van der Waals surface area contributed by atoms with Gasteiger partial charge < -0.3 is 10.6 Å². The summed E-state index contributed by atoms with van der Waals surface area (Å²) in [6, 6.07) is 5.17. The van der Waals surface area contributed by atoms with Gasteiger partial charge in [-0.25, -0.2) is 4.98 Å². The van der Waals surface area contributed by atoms with E-state index in [1.807, 2.05) is 19.1 Å². The van der Waals surface area contributed by atoms with Crippen LogP contribution in [0.3, 0.4) is 0 Å². The van der Waals surface area contributed by atoms with Gasteiger partial charge in [-0.1, -0.05) is 23.2 Å². The number of anilines is 1. The maximum absolute atomic E-state index is 12.1. The van der Waals surface area contributed by atoms with Gasteiger partial charge in [0, 0.05) is 18.1 Å². The summed E-state index contributed by atoms with van der Waals surface area (Å²) in [6.07, 6.45) is 1.49. The third-order valence-electron chi connectivity index (χ3n) is 2.71. The highest BCUT2D eigenvalue weighted by molar-refractivity contribution is 7.16. The molecule has 7 heteroatoms. The smallest absolute Gasteiger partial charge is 0.253 e. The summed E-state index contributed by atoms with van der Waals surface area (Å²) in [5.41, 5.74) is 0.420. The van der Waals surface area contributed by atoms with Gasteiger partial charge in [-0.15, -0.1) is 11.3 Å². The van der Waals surface area contributed by atoms with Gasteiger partial charge in [-0.05, 0) is 25.1 Å².